The lowest BCUT2D eigenvalue weighted by atomic mass is 9.88. The molecule has 0 unspecified atom stereocenters. The van der Waals surface area contributed by atoms with Crippen LogP contribution in [0.2, 0.25) is 0 Å². The van der Waals surface area contributed by atoms with Crippen molar-refractivity contribution in [1.29, 1.82) is 0 Å². The van der Waals surface area contributed by atoms with Gasteiger partial charge in [0.2, 0.25) is 17.6 Å². The summed E-state index contributed by atoms with van der Waals surface area (Å²) < 4.78 is 30.3. The van der Waals surface area contributed by atoms with E-state index in [2.05, 4.69) is 22.5 Å². The fraction of sp³-hybridized carbons (Fsp3) is 0.576. The summed E-state index contributed by atoms with van der Waals surface area (Å²) in [6.07, 6.45) is 7.76. The van der Waals surface area contributed by atoms with Gasteiger partial charge in [0.25, 0.3) is 0 Å². The molecule has 2 aliphatic rings. The summed E-state index contributed by atoms with van der Waals surface area (Å²) in [7, 11) is 4.66. The fourth-order valence-electron chi connectivity index (χ4n) is 6.21. The maximum atomic E-state index is 14.1. The zero-order chi connectivity index (χ0) is 30.1. The molecule has 9 heteroatoms. The Labute approximate surface area is 249 Å². The Hall–Kier alpha value is -3.33. The number of nitrogens with one attached hydrogen (secondary N) is 2. The van der Waals surface area contributed by atoms with Crippen LogP contribution in [0, 0.1) is 11.7 Å². The maximum absolute atomic E-state index is 14.1. The third-order valence-corrected chi connectivity index (χ3v) is 8.77. The zero-order valence-corrected chi connectivity index (χ0v) is 25.5. The number of hydrogen-bond donors (Lipinski definition) is 2. The normalized spacial score (nSPS) is 18.1. The van der Waals surface area contributed by atoms with Crippen molar-refractivity contribution in [3.63, 3.8) is 0 Å². The Morgan fingerprint density at radius 2 is 1.67 bits per heavy atom. The molecular formula is C33H46FN3O5. The number of carbonyl (C=O) groups excluding carboxylic acids is 2. The third-order valence-electron chi connectivity index (χ3n) is 8.77. The minimum absolute atomic E-state index is 0.0502. The number of piperidine rings is 1. The molecule has 0 bridgehead atoms. The van der Waals surface area contributed by atoms with E-state index in [-0.39, 0.29) is 41.6 Å². The first-order valence-electron chi connectivity index (χ1n) is 15.1. The summed E-state index contributed by atoms with van der Waals surface area (Å²) in [5.74, 6) is 1.32. The second kappa shape index (κ2) is 14.7. The highest BCUT2D eigenvalue weighted by atomic mass is 19.1. The predicted octanol–water partition coefficient (Wildman–Crippen LogP) is 5.19. The maximum Gasteiger partial charge on any atom is 0.224 e. The number of likely N-dealkylation sites (tertiary alicyclic amines) is 1. The average Bonchev–Trinajstić information content (AvgIpc) is 2.99. The molecule has 4 rings (SSSR count). The lowest BCUT2D eigenvalue weighted by Gasteiger charge is -2.40. The van der Waals surface area contributed by atoms with Crippen molar-refractivity contribution >= 4 is 11.8 Å². The SMILES string of the molecule is COc1cc(CC(=O)NC2(C)CCN(CC[C@H](NC(=O)C3CCCCC3)c3cccc(F)c3)CC2)cc(OC)c1OC. The molecule has 0 radical (unpaired) electrons. The van der Waals surface area contributed by atoms with Crippen LogP contribution in [0.5, 0.6) is 17.2 Å². The molecule has 0 aromatic heterocycles. The summed E-state index contributed by atoms with van der Waals surface area (Å²) in [6.45, 7) is 4.53. The molecule has 42 heavy (non-hydrogen) atoms. The molecular weight excluding hydrogens is 537 g/mol. The van der Waals surface area contributed by atoms with Crippen molar-refractivity contribution in [1.82, 2.24) is 15.5 Å². The lowest BCUT2D eigenvalue weighted by Crippen LogP contribution is -2.54. The van der Waals surface area contributed by atoms with Gasteiger partial charge in [-0.3, -0.25) is 9.59 Å². The van der Waals surface area contributed by atoms with Crippen molar-refractivity contribution in [2.75, 3.05) is 41.0 Å². The minimum Gasteiger partial charge on any atom is -0.493 e. The van der Waals surface area contributed by atoms with Crippen LogP contribution in [-0.4, -0.2) is 63.2 Å². The van der Waals surface area contributed by atoms with E-state index in [4.69, 9.17) is 14.2 Å². The summed E-state index contributed by atoms with van der Waals surface area (Å²) in [5.41, 5.74) is 1.27. The minimum atomic E-state index is -0.314. The van der Waals surface area contributed by atoms with Crippen LogP contribution in [0.4, 0.5) is 4.39 Å². The smallest absolute Gasteiger partial charge is 0.224 e. The van der Waals surface area contributed by atoms with E-state index in [1.165, 1.54) is 18.6 Å². The standard InChI is InChI=1S/C33H46FN3O5/c1-33(36-30(38)21-23-19-28(40-2)31(42-4)29(20-23)41-3)14-17-37(18-15-33)16-13-27(25-11-8-12-26(34)22-25)35-32(39)24-9-6-5-7-10-24/h8,11-12,19-20,22,24,27H,5-7,9-10,13-18,21H2,1-4H3,(H,35,39)(H,36,38)/t27-/m0/s1. The summed E-state index contributed by atoms with van der Waals surface area (Å²) in [5, 5.41) is 6.49. The van der Waals surface area contributed by atoms with E-state index >= 15 is 0 Å². The number of rotatable bonds is 12. The molecule has 8 nitrogen and oxygen atoms in total. The van der Waals surface area contributed by atoms with E-state index in [1.807, 2.05) is 6.07 Å². The molecule has 1 aliphatic carbocycles. The Bertz CT molecular complexity index is 1180. The van der Waals surface area contributed by atoms with Crippen molar-refractivity contribution < 1.29 is 28.2 Å². The van der Waals surface area contributed by atoms with Crippen molar-refractivity contribution in [2.45, 2.75) is 76.3 Å². The number of ether oxygens (including phenoxy) is 3. The highest BCUT2D eigenvalue weighted by Gasteiger charge is 2.32. The molecule has 2 fully saturated rings. The molecule has 230 valence electrons. The van der Waals surface area contributed by atoms with E-state index in [0.29, 0.717) is 23.7 Å². The Balaban J connectivity index is 1.31. The number of hydrogen-bond acceptors (Lipinski definition) is 6. The summed E-state index contributed by atoms with van der Waals surface area (Å²) >= 11 is 0. The van der Waals surface area contributed by atoms with Gasteiger partial charge in [0.1, 0.15) is 5.82 Å². The van der Waals surface area contributed by atoms with Gasteiger partial charge in [-0.15, -0.1) is 0 Å². The van der Waals surface area contributed by atoms with Gasteiger partial charge in [-0.05, 0) is 74.4 Å². The number of carbonyl (C=O) groups is 2. The Kier molecular flexibility index (Phi) is 11.1. The second-order valence-corrected chi connectivity index (χ2v) is 11.9. The highest BCUT2D eigenvalue weighted by molar-refractivity contribution is 5.80. The molecule has 2 amide bonds. The van der Waals surface area contributed by atoms with E-state index in [1.54, 1.807) is 39.5 Å². The number of methoxy groups -OCH3 is 3. The van der Waals surface area contributed by atoms with Crippen LogP contribution >= 0.6 is 0 Å². The molecule has 2 N–H and O–H groups in total. The molecule has 1 heterocycles. The molecule has 1 aliphatic heterocycles. The van der Waals surface area contributed by atoms with Gasteiger partial charge in [0.05, 0.1) is 33.8 Å². The van der Waals surface area contributed by atoms with Crippen molar-refractivity contribution in [3.8, 4) is 17.2 Å². The first-order valence-corrected chi connectivity index (χ1v) is 15.1. The molecule has 0 spiro atoms. The van der Waals surface area contributed by atoms with Crippen LogP contribution in [-0.2, 0) is 16.0 Å². The summed E-state index contributed by atoms with van der Waals surface area (Å²) in [4.78, 5) is 28.5. The monoisotopic (exact) mass is 583 g/mol. The van der Waals surface area contributed by atoms with Gasteiger partial charge >= 0.3 is 0 Å². The molecule has 1 atom stereocenters. The highest BCUT2D eigenvalue weighted by Crippen LogP contribution is 2.38. The van der Waals surface area contributed by atoms with E-state index in [9.17, 15) is 14.0 Å². The predicted molar refractivity (Wildman–Crippen MR) is 160 cm³/mol. The quantitative estimate of drug-likeness (QED) is 0.358. The molecule has 1 saturated carbocycles. The van der Waals surface area contributed by atoms with Gasteiger partial charge < -0.3 is 29.7 Å². The molecule has 2 aromatic rings. The van der Waals surface area contributed by atoms with Crippen molar-refractivity contribution in [3.05, 3.63) is 53.3 Å². The van der Waals surface area contributed by atoms with Gasteiger partial charge in [0.15, 0.2) is 11.5 Å². The second-order valence-electron chi connectivity index (χ2n) is 11.9. The Morgan fingerprint density at radius 3 is 2.26 bits per heavy atom. The van der Waals surface area contributed by atoms with Crippen LogP contribution in [0.3, 0.4) is 0 Å². The number of amides is 2. The fourth-order valence-corrected chi connectivity index (χ4v) is 6.21. The van der Waals surface area contributed by atoms with Gasteiger partial charge in [-0.2, -0.15) is 0 Å². The van der Waals surface area contributed by atoms with Crippen LogP contribution in [0.25, 0.3) is 0 Å². The summed E-state index contributed by atoms with van der Waals surface area (Å²) in [6, 6.07) is 9.93. The average molecular weight is 584 g/mol. The molecule has 2 aromatic carbocycles. The lowest BCUT2D eigenvalue weighted by molar-refractivity contribution is -0.126. The van der Waals surface area contributed by atoms with Gasteiger partial charge in [0, 0.05) is 31.1 Å². The van der Waals surface area contributed by atoms with E-state index in [0.717, 1.165) is 69.3 Å². The Morgan fingerprint density at radius 1 is 1.00 bits per heavy atom. The van der Waals surface area contributed by atoms with Crippen molar-refractivity contribution in [2.24, 2.45) is 5.92 Å². The number of halogens is 1. The van der Waals surface area contributed by atoms with Crippen LogP contribution < -0.4 is 24.8 Å². The van der Waals surface area contributed by atoms with Gasteiger partial charge in [-0.25, -0.2) is 4.39 Å². The van der Waals surface area contributed by atoms with E-state index < -0.39 is 0 Å². The van der Waals surface area contributed by atoms with Crippen LogP contribution in [0.15, 0.2) is 36.4 Å². The van der Waals surface area contributed by atoms with Gasteiger partial charge in [-0.1, -0.05) is 31.4 Å². The molecule has 1 saturated heterocycles. The zero-order valence-electron chi connectivity index (χ0n) is 25.5. The number of benzene rings is 2. The number of nitrogens with zero attached hydrogens (tertiary/aromatic N) is 1. The first-order chi connectivity index (χ1) is 20.2. The van der Waals surface area contributed by atoms with Crippen LogP contribution in [0.1, 0.15) is 75.5 Å². The third kappa shape index (κ3) is 8.37. The topological polar surface area (TPSA) is 89.1 Å². The first kappa shape index (κ1) is 31.6. The largest absolute Gasteiger partial charge is 0.493 e.